The molecule has 2 aromatic rings. The zero-order chi connectivity index (χ0) is 8.55. The number of nitrogens with zero attached hydrogens (tertiary/aromatic N) is 3. The van der Waals surface area contributed by atoms with Crippen LogP contribution in [-0.2, 0) is 0 Å². The molecule has 0 aliphatic heterocycles. The maximum absolute atomic E-state index is 12.9. The molecule has 2 rings (SSSR count). The van der Waals surface area contributed by atoms with Crippen molar-refractivity contribution in [1.29, 1.82) is 0 Å². The van der Waals surface area contributed by atoms with E-state index in [2.05, 4.69) is 9.97 Å². The van der Waals surface area contributed by atoms with Crippen LogP contribution in [0.4, 0.5) is 4.39 Å². The molecular formula is C7H4FN3O. The van der Waals surface area contributed by atoms with Crippen LogP contribution in [0, 0.1) is 5.95 Å². The lowest BCUT2D eigenvalue weighted by molar-refractivity contribution is 0.111. The molecule has 0 bridgehead atoms. The highest BCUT2D eigenvalue weighted by Gasteiger charge is 2.03. The molecule has 0 radical (unpaired) electrons. The highest BCUT2D eigenvalue weighted by atomic mass is 19.1. The fourth-order valence-electron chi connectivity index (χ4n) is 0.939. The van der Waals surface area contributed by atoms with Gasteiger partial charge in [-0.2, -0.15) is 4.39 Å². The minimum atomic E-state index is -0.486. The van der Waals surface area contributed by atoms with Gasteiger partial charge >= 0.3 is 0 Å². The summed E-state index contributed by atoms with van der Waals surface area (Å²) in [4.78, 5) is 17.8. The van der Waals surface area contributed by atoms with Gasteiger partial charge in [0.05, 0.1) is 0 Å². The standard InChI is InChI=1S/C7H4FN3O/c8-6-1-2-9-7-10-5(4-12)3-11(6)7/h1-4H. The molecule has 5 heteroatoms. The first-order chi connectivity index (χ1) is 5.81. The quantitative estimate of drug-likeness (QED) is 0.461. The lowest BCUT2D eigenvalue weighted by Crippen LogP contribution is -1.91. The Morgan fingerprint density at radius 3 is 3.08 bits per heavy atom. The Morgan fingerprint density at radius 1 is 1.58 bits per heavy atom. The number of fused-ring (bicyclic) bond motifs is 1. The predicted octanol–water partition coefficient (Wildman–Crippen LogP) is 0.681. The smallest absolute Gasteiger partial charge is 0.236 e. The van der Waals surface area contributed by atoms with Crippen molar-refractivity contribution in [2.75, 3.05) is 0 Å². The predicted molar refractivity (Wildman–Crippen MR) is 38.3 cm³/mol. The van der Waals surface area contributed by atoms with Crippen LogP contribution in [-0.4, -0.2) is 20.7 Å². The van der Waals surface area contributed by atoms with Crippen LogP contribution >= 0.6 is 0 Å². The van der Waals surface area contributed by atoms with Gasteiger partial charge in [-0.15, -0.1) is 0 Å². The van der Waals surface area contributed by atoms with Gasteiger partial charge in [-0.1, -0.05) is 0 Å². The van der Waals surface area contributed by atoms with Crippen LogP contribution in [0.15, 0.2) is 18.5 Å². The highest BCUT2D eigenvalue weighted by molar-refractivity contribution is 5.72. The van der Waals surface area contributed by atoms with Crippen molar-refractivity contribution in [2.45, 2.75) is 0 Å². The number of hydrogen-bond acceptors (Lipinski definition) is 3. The minimum absolute atomic E-state index is 0.174. The summed E-state index contributed by atoms with van der Waals surface area (Å²) < 4.78 is 14.0. The molecule has 60 valence electrons. The molecule has 2 heterocycles. The molecule has 0 atom stereocenters. The summed E-state index contributed by atoms with van der Waals surface area (Å²) >= 11 is 0. The number of rotatable bonds is 1. The third-order valence-corrected chi connectivity index (χ3v) is 1.46. The van der Waals surface area contributed by atoms with Crippen molar-refractivity contribution < 1.29 is 9.18 Å². The van der Waals surface area contributed by atoms with Gasteiger partial charge in [-0.05, 0) is 0 Å². The summed E-state index contributed by atoms with van der Waals surface area (Å²) in [5, 5.41) is 0. The number of halogens is 1. The van der Waals surface area contributed by atoms with Crippen LogP contribution in [0.3, 0.4) is 0 Å². The number of carbonyl (C=O) groups is 1. The average Bonchev–Trinajstić information content (AvgIpc) is 2.49. The van der Waals surface area contributed by atoms with Gasteiger partial charge in [-0.25, -0.2) is 9.97 Å². The van der Waals surface area contributed by atoms with E-state index < -0.39 is 5.95 Å². The van der Waals surface area contributed by atoms with Crippen molar-refractivity contribution in [3.63, 3.8) is 0 Å². The van der Waals surface area contributed by atoms with E-state index in [0.29, 0.717) is 6.29 Å². The van der Waals surface area contributed by atoms with Gasteiger partial charge < -0.3 is 0 Å². The zero-order valence-corrected chi connectivity index (χ0v) is 5.94. The van der Waals surface area contributed by atoms with E-state index in [1.54, 1.807) is 0 Å². The molecule has 0 aromatic carbocycles. The molecule has 0 amide bonds. The zero-order valence-electron chi connectivity index (χ0n) is 5.94. The third-order valence-electron chi connectivity index (χ3n) is 1.46. The van der Waals surface area contributed by atoms with Gasteiger partial charge in [0.1, 0.15) is 5.69 Å². The van der Waals surface area contributed by atoms with Crippen LogP contribution in [0.25, 0.3) is 5.78 Å². The fraction of sp³-hybridized carbons (Fsp3) is 0. The highest BCUT2D eigenvalue weighted by Crippen LogP contribution is 2.02. The van der Waals surface area contributed by atoms with Gasteiger partial charge in [-0.3, -0.25) is 9.20 Å². The van der Waals surface area contributed by atoms with E-state index in [4.69, 9.17) is 0 Å². The summed E-state index contributed by atoms with van der Waals surface area (Å²) in [6, 6.07) is 1.20. The SMILES string of the molecule is O=Cc1cn2c(F)ccnc2n1. The number of aromatic nitrogens is 3. The molecular weight excluding hydrogens is 161 g/mol. The molecule has 0 saturated heterocycles. The summed E-state index contributed by atoms with van der Waals surface area (Å²) in [7, 11) is 0. The molecule has 2 aromatic heterocycles. The molecule has 12 heavy (non-hydrogen) atoms. The number of hydrogen-bond donors (Lipinski definition) is 0. The molecule has 4 nitrogen and oxygen atoms in total. The van der Waals surface area contributed by atoms with Crippen molar-refractivity contribution >= 4 is 12.1 Å². The van der Waals surface area contributed by atoms with Gasteiger partial charge in [0.25, 0.3) is 0 Å². The molecule has 0 saturated carbocycles. The Kier molecular flexibility index (Phi) is 1.36. The number of carbonyl (C=O) groups excluding carboxylic acids is 1. The molecule has 0 fully saturated rings. The van der Waals surface area contributed by atoms with Crippen LogP contribution in [0.1, 0.15) is 10.5 Å². The van der Waals surface area contributed by atoms with E-state index in [9.17, 15) is 9.18 Å². The first-order valence-corrected chi connectivity index (χ1v) is 3.26. The molecule has 0 aliphatic rings. The van der Waals surface area contributed by atoms with Crippen LogP contribution in [0.5, 0.6) is 0 Å². The van der Waals surface area contributed by atoms with Crippen LogP contribution < -0.4 is 0 Å². The largest absolute Gasteiger partial charge is 0.296 e. The Labute approximate surface area is 66.7 Å². The van der Waals surface area contributed by atoms with Gasteiger partial charge in [0.15, 0.2) is 6.29 Å². The van der Waals surface area contributed by atoms with E-state index in [1.165, 1.54) is 18.5 Å². The third kappa shape index (κ3) is 0.868. The maximum Gasteiger partial charge on any atom is 0.236 e. The Balaban J connectivity index is 2.82. The molecule has 0 aliphatic carbocycles. The van der Waals surface area contributed by atoms with Crippen molar-refractivity contribution in [3.8, 4) is 0 Å². The fourth-order valence-corrected chi connectivity index (χ4v) is 0.939. The van der Waals surface area contributed by atoms with Crippen molar-refractivity contribution in [2.24, 2.45) is 0 Å². The summed E-state index contributed by atoms with van der Waals surface area (Å²) in [6.07, 6.45) is 3.14. The van der Waals surface area contributed by atoms with Crippen molar-refractivity contribution in [1.82, 2.24) is 14.4 Å². The lowest BCUT2D eigenvalue weighted by atomic mass is 10.5. The monoisotopic (exact) mass is 165 g/mol. The van der Waals surface area contributed by atoms with Crippen LogP contribution in [0.2, 0.25) is 0 Å². The lowest BCUT2D eigenvalue weighted by Gasteiger charge is -1.90. The van der Waals surface area contributed by atoms with Gasteiger partial charge in [0.2, 0.25) is 11.7 Å². The minimum Gasteiger partial charge on any atom is -0.296 e. The van der Waals surface area contributed by atoms with Gasteiger partial charge in [0, 0.05) is 18.5 Å². The number of imidazole rings is 1. The summed E-state index contributed by atoms with van der Waals surface area (Å²) in [6.45, 7) is 0. The second-order valence-electron chi connectivity index (χ2n) is 2.22. The maximum atomic E-state index is 12.9. The Bertz CT molecular complexity index is 437. The summed E-state index contributed by atoms with van der Waals surface area (Å²) in [5.41, 5.74) is 0.174. The van der Waals surface area contributed by atoms with E-state index in [-0.39, 0.29) is 11.5 Å². The normalized spacial score (nSPS) is 10.4. The van der Waals surface area contributed by atoms with Crippen molar-refractivity contribution in [3.05, 3.63) is 30.1 Å². The summed E-state index contributed by atoms with van der Waals surface area (Å²) in [5.74, 6) is -0.294. The molecule has 0 spiro atoms. The second-order valence-corrected chi connectivity index (χ2v) is 2.22. The van der Waals surface area contributed by atoms with E-state index in [1.807, 2.05) is 0 Å². The van der Waals surface area contributed by atoms with E-state index in [0.717, 1.165) is 4.40 Å². The number of aldehydes is 1. The van der Waals surface area contributed by atoms with E-state index >= 15 is 0 Å². The second kappa shape index (κ2) is 2.37. The topological polar surface area (TPSA) is 47.3 Å². The first-order valence-electron chi connectivity index (χ1n) is 3.26. The Morgan fingerprint density at radius 2 is 2.42 bits per heavy atom. The first kappa shape index (κ1) is 6.90. The molecule has 0 N–H and O–H groups in total. The Hall–Kier alpha value is -1.78. The molecule has 0 unspecified atom stereocenters. The average molecular weight is 165 g/mol.